The molecule has 1 aromatic heterocycles. The van der Waals surface area contributed by atoms with Crippen LogP contribution >= 0.6 is 0 Å². The summed E-state index contributed by atoms with van der Waals surface area (Å²) in [6, 6.07) is 0. The first-order chi connectivity index (χ1) is 8.06. The van der Waals surface area contributed by atoms with Gasteiger partial charge in [0.1, 0.15) is 12.2 Å². The van der Waals surface area contributed by atoms with Crippen LogP contribution < -0.4 is 0 Å². The van der Waals surface area contributed by atoms with Crippen molar-refractivity contribution in [2.24, 2.45) is 18.9 Å². The number of hydrogen-bond donors (Lipinski definition) is 1. The van der Waals surface area contributed by atoms with Crippen molar-refractivity contribution >= 4 is 0 Å². The minimum atomic E-state index is -0.316. The van der Waals surface area contributed by atoms with E-state index in [0.29, 0.717) is 18.3 Å². The van der Waals surface area contributed by atoms with Crippen molar-refractivity contribution in [3.8, 4) is 0 Å². The maximum Gasteiger partial charge on any atom is 0.138 e. The van der Waals surface area contributed by atoms with Gasteiger partial charge in [0.05, 0.1) is 6.10 Å². The Hall–Kier alpha value is -1.16. The summed E-state index contributed by atoms with van der Waals surface area (Å²) in [6.45, 7) is 4.36. The van der Waals surface area contributed by atoms with Gasteiger partial charge >= 0.3 is 0 Å². The van der Waals surface area contributed by atoms with E-state index in [2.05, 4.69) is 30.0 Å². The predicted octanol–water partition coefficient (Wildman–Crippen LogP) is 1.71. The van der Waals surface area contributed by atoms with E-state index in [9.17, 15) is 5.11 Å². The van der Waals surface area contributed by atoms with E-state index in [4.69, 9.17) is 0 Å². The lowest BCUT2D eigenvalue weighted by atomic mass is 9.80. The second kappa shape index (κ2) is 5.00. The van der Waals surface area contributed by atoms with Crippen molar-refractivity contribution in [1.29, 1.82) is 0 Å². The van der Waals surface area contributed by atoms with Gasteiger partial charge in [-0.05, 0) is 31.6 Å². The largest absolute Gasteiger partial charge is 0.392 e. The van der Waals surface area contributed by atoms with Crippen LogP contribution in [-0.2, 0) is 13.5 Å². The first-order valence-electron chi connectivity index (χ1n) is 6.24. The molecule has 0 fully saturated rings. The average molecular weight is 235 g/mol. The SMILES string of the molecule is CC1=CC(C)CC(C(O)Cc2ncnn2C)C1. The molecule has 3 unspecified atom stereocenters. The zero-order valence-electron chi connectivity index (χ0n) is 10.8. The molecule has 4 nitrogen and oxygen atoms in total. The number of nitrogens with zero attached hydrogens (tertiary/aromatic N) is 3. The van der Waals surface area contributed by atoms with Gasteiger partial charge in [0.15, 0.2) is 0 Å². The van der Waals surface area contributed by atoms with Gasteiger partial charge in [-0.3, -0.25) is 4.68 Å². The van der Waals surface area contributed by atoms with Crippen LogP contribution in [0.3, 0.4) is 0 Å². The molecule has 1 aliphatic carbocycles. The number of rotatable bonds is 3. The van der Waals surface area contributed by atoms with E-state index in [0.717, 1.165) is 18.7 Å². The van der Waals surface area contributed by atoms with Gasteiger partial charge in [0, 0.05) is 13.5 Å². The van der Waals surface area contributed by atoms with Gasteiger partial charge in [-0.1, -0.05) is 18.6 Å². The van der Waals surface area contributed by atoms with Gasteiger partial charge in [-0.2, -0.15) is 5.10 Å². The van der Waals surface area contributed by atoms with Crippen molar-refractivity contribution in [2.75, 3.05) is 0 Å². The third-order valence-corrected chi connectivity index (χ3v) is 3.57. The van der Waals surface area contributed by atoms with E-state index in [1.807, 2.05) is 7.05 Å². The minimum absolute atomic E-state index is 0.316. The monoisotopic (exact) mass is 235 g/mol. The fourth-order valence-corrected chi connectivity index (χ4v) is 2.75. The quantitative estimate of drug-likeness (QED) is 0.811. The molecule has 1 heterocycles. The van der Waals surface area contributed by atoms with Crippen LogP contribution in [0.4, 0.5) is 0 Å². The fourth-order valence-electron chi connectivity index (χ4n) is 2.75. The Morgan fingerprint density at radius 2 is 2.35 bits per heavy atom. The number of hydrogen-bond acceptors (Lipinski definition) is 3. The van der Waals surface area contributed by atoms with Crippen LogP contribution in [0.25, 0.3) is 0 Å². The van der Waals surface area contributed by atoms with Crippen molar-refractivity contribution < 1.29 is 5.11 Å². The van der Waals surface area contributed by atoms with Gasteiger partial charge in [0.25, 0.3) is 0 Å². The molecule has 1 N–H and O–H groups in total. The molecule has 0 saturated heterocycles. The normalized spacial score (nSPS) is 26.7. The van der Waals surface area contributed by atoms with Gasteiger partial charge < -0.3 is 5.11 Å². The number of aliphatic hydroxyl groups excluding tert-OH is 1. The van der Waals surface area contributed by atoms with Crippen molar-refractivity contribution in [3.05, 3.63) is 23.8 Å². The molecule has 94 valence electrons. The van der Waals surface area contributed by atoms with E-state index < -0.39 is 0 Å². The van der Waals surface area contributed by atoms with Crippen LogP contribution in [-0.4, -0.2) is 26.0 Å². The van der Waals surface area contributed by atoms with Crippen molar-refractivity contribution in [1.82, 2.24) is 14.8 Å². The summed E-state index contributed by atoms with van der Waals surface area (Å²) in [5.41, 5.74) is 1.39. The van der Waals surface area contributed by atoms with Crippen LogP contribution in [0.1, 0.15) is 32.5 Å². The summed E-state index contributed by atoms with van der Waals surface area (Å²) in [6.07, 6.45) is 6.20. The van der Waals surface area contributed by atoms with Gasteiger partial charge in [-0.15, -0.1) is 0 Å². The number of allylic oxidation sites excluding steroid dienone is 2. The second-order valence-corrected chi connectivity index (χ2v) is 5.26. The zero-order valence-corrected chi connectivity index (χ0v) is 10.8. The second-order valence-electron chi connectivity index (χ2n) is 5.26. The lowest BCUT2D eigenvalue weighted by molar-refractivity contribution is 0.0905. The number of aliphatic hydroxyl groups is 1. The van der Waals surface area contributed by atoms with Crippen molar-refractivity contribution in [2.45, 2.75) is 39.2 Å². The third-order valence-electron chi connectivity index (χ3n) is 3.57. The molecule has 1 aromatic rings. The molecule has 0 bridgehead atoms. The molecule has 0 aliphatic heterocycles. The van der Waals surface area contributed by atoms with Crippen LogP contribution in [0.15, 0.2) is 18.0 Å². The fraction of sp³-hybridized carbons (Fsp3) is 0.692. The summed E-state index contributed by atoms with van der Waals surface area (Å²) in [5, 5.41) is 14.3. The molecule has 17 heavy (non-hydrogen) atoms. The molecule has 0 aromatic carbocycles. The maximum absolute atomic E-state index is 10.3. The first kappa shape index (κ1) is 12.3. The Morgan fingerprint density at radius 3 is 2.94 bits per heavy atom. The number of aromatic nitrogens is 3. The molecule has 0 spiro atoms. The topological polar surface area (TPSA) is 50.9 Å². The molecule has 1 aliphatic rings. The maximum atomic E-state index is 10.3. The summed E-state index contributed by atoms with van der Waals surface area (Å²) < 4.78 is 1.73. The van der Waals surface area contributed by atoms with Gasteiger partial charge in [-0.25, -0.2) is 4.98 Å². The Labute approximate surface area is 102 Å². The molecule has 0 amide bonds. The molecule has 3 atom stereocenters. The lowest BCUT2D eigenvalue weighted by Gasteiger charge is -2.29. The predicted molar refractivity (Wildman–Crippen MR) is 66.4 cm³/mol. The lowest BCUT2D eigenvalue weighted by Crippen LogP contribution is -2.28. The highest BCUT2D eigenvalue weighted by Gasteiger charge is 2.25. The summed E-state index contributed by atoms with van der Waals surface area (Å²) in [7, 11) is 1.86. The molecule has 2 rings (SSSR count). The minimum Gasteiger partial charge on any atom is -0.392 e. The first-order valence-corrected chi connectivity index (χ1v) is 6.24. The highest BCUT2D eigenvalue weighted by molar-refractivity contribution is 5.07. The summed E-state index contributed by atoms with van der Waals surface area (Å²) in [4.78, 5) is 4.17. The van der Waals surface area contributed by atoms with Crippen LogP contribution in [0, 0.1) is 11.8 Å². The Bertz CT molecular complexity index is 411. The molecule has 4 heteroatoms. The molecular weight excluding hydrogens is 214 g/mol. The third kappa shape index (κ3) is 2.94. The summed E-state index contributed by atoms with van der Waals surface area (Å²) in [5.74, 6) is 1.78. The van der Waals surface area contributed by atoms with Crippen LogP contribution in [0.5, 0.6) is 0 Å². The average Bonchev–Trinajstić information content (AvgIpc) is 2.63. The Morgan fingerprint density at radius 1 is 1.59 bits per heavy atom. The number of aryl methyl sites for hydroxylation is 1. The van der Waals surface area contributed by atoms with E-state index in [1.165, 1.54) is 11.9 Å². The molecular formula is C13H21N3O. The standard InChI is InChI=1S/C13H21N3O/c1-9-4-10(2)6-11(5-9)12(17)7-13-14-8-15-16(13)3/h4,8-9,11-12,17H,5-7H2,1-3H3. The highest BCUT2D eigenvalue weighted by atomic mass is 16.3. The highest BCUT2D eigenvalue weighted by Crippen LogP contribution is 2.30. The van der Waals surface area contributed by atoms with E-state index >= 15 is 0 Å². The summed E-state index contributed by atoms with van der Waals surface area (Å²) >= 11 is 0. The molecule has 0 saturated carbocycles. The molecule has 0 radical (unpaired) electrons. The zero-order chi connectivity index (χ0) is 12.4. The van der Waals surface area contributed by atoms with Gasteiger partial charge in [0.2, 0.25) is 0 Å². The van der Waals surface area contributed by atoms with E-state index in [1.54, 1.807) is 4.68 Å². The Balaban J connectivity index is 1.99. The smallest absolute Gasteiger partial charge is 0.138 e. The van der Waals surface area contributed by atoms with E-state index in [-0.39, 0.29) is 6.10 Å². The van der Waals surface area contributed by atoms with Crippen LogP contribution in [0.2, 0.25) is 0 Å². The Kier molecular flexibility index (Phi) is 3.62. The van der Waals surface area contributed by atoms with Crippen molar-refractivity contribution in [3.63, 3.8) is 0 Å².